The van der Waals surface area contributed by atoms with Crippen LogP contribution in [0.15, 0.2) is 18.2 Å². The number of hydrogen-bond acceptors (Lipinski definition) is 3. The van der Waals surface area contributed by atoms with Crippen molar-refractivity contribution in [2.45, 2.75) is 20.4 Å². The Labute approximate surface area is 120 Å². The van der Waals surface area contributed by atoms with E-state index < -0.39 is 0 Å². The molecule has 106 valence electrons. The Balaban J connectivity index is 2.97. The molecule has 0 aliphatic rings. The lowest BCUT2D eigenvalue weighted by Crippen LogP contribution is -2.37. The average Bonchev–Trinajstić information content (AvgIpc) is 2.39. The van der Waals surface area contributed by atoms with E-state index in [4.69, 9.17) is 11.6 Å². The number of likely N-dealkylation sites (N-methyl/N-ethyl adjacent to an activating group) is 2. The zero-order chi connectivity index (χ0) is 14.3. The van der Waals surface area contributed by atoms with Crippen LogP contribution in [0.3, 0.4) is 0 Å². The van der Waals surface area contributed by atoms with Crippen LogP contribution in [-0.2, 0) is 11.3 Å². The van der Waals surface area contributed by atoms with Gasteiger partial charge in [0.05, 0.1) is 6.54 Å². The first-order valence-electron chi connectivity index (χ1n) is 6.57. The highest BCUT2D eigenvalue weighted by atomic mass is 35.5. The summed E-state index contributed by atoms with van der Waals surface area (Å²) in [7, 11) is 1.88. The van der Waals surface area contributed by atoms with E-state index in [-0.39, 0.29) is 5.91 Å². The lowest BCUT2D eigenvalue weighted by molar-refractivity contribution is -0.119. The summed E-state index contributed by atoms with van der Waals surface area (Å²) in [5, 5.41) is 6.65. The number of nitrogens with one attached hydrogen (secondary N) is 2. The monoisotopic (exact) mass is 283 g/mol. The van der Waals surface area contributed by atoms with Gasteiger partial charge < -0.3 is 15.5 Å². The van der Waals surface area contributed by atoms with Crippen molar-refractivity contribution in [3.63, 3.8) is 0 Å². The maximum absolute atomic E-state index is 11.7. The lowest BCUT2D eigenvalue weighted by atomic mass is 10.1. The van der Waals surface area contributed by atoms with Gasteiger partial charge in [-0.25, -0.2) is 0 Å². The van der Waals surface area contributed by atoms with Crippen molar-refractivity contribution >= 4 is 23.2 Å². The summed E-state index contributed by atoms with van der Waals surface area (Å²) in [6.45, 7) is 6.38. The van der Waals surface area contributed by atoms with Gasteiger partial charge in [0, 0.05) is 35.9 Å². The van der Waals surface area contributed by atoms with Gasteiger partial charge in [0.2, 0.25) is 5.91 Å². The van der Waals surface area contributed by atoms with Crippen LogP contribution in [0.4, 0.5) is 5.69 Å². The summed E-state index contributed by atoms with van der Waals surface area (Å²) in [6, 6.07) is 5.79. The molecule has 4 nitrogen and oxygen atoms in total. The predicted molar refractivity (Wildman–Crippen MR) is 80.8 cm³/mol. The van der Waals surface area contributed by atoms with E-state index in [1.807, 2.05) is 44.0 Å². The minimum absolute atomic E-state index is 0.0275. The highest BCUT2D eigenvalue weighted by Gasteiger charge is 2.14. The van der Waals surface area contributed by atoms with E-state index in [0.717, 1.165) is 22.8 Å². The van der Waals surface area contributed by atoms with Crippen LogP contribution >= 0.6 is 11.6 Å². The van der Waals surface area contributed by atoms with E-state index in [9.17, 15) is 4.79 Å². The molecule has 0 aliphatic carbocycles. The summed E-state index contributed by atoms with van der Waals surface area (Å²) in [4.78, 5) is 13.8. The fourth-order valence-electron chi connectivity index (χ4n) is 1.99. The molecule has 19 heavy (non-hydrogen) atoms. The van der Waals surface area contributed by atoms with E-state index in [1.165, 1.54) is 0 Å². The third kappa shape index (κ3) is 4.40. The second kappa shape index (κ2) is 8.02. The minimum Gasteiger partial charge on any atom is -0.362 e. The van der Waals surface area contributed by atoms with E-state index in [1.54, 1.807) is 0 Å². The van der Waals surface area contributed by atoms with Gasteiger partial charge in [-0.15, -0.1) is 0 Å². The molecule has 0 spiro atoms. The lowest BCUT2D eigenvalue weighted by Gasteiger charge is -2.25. The van der Waals surface area contributed by atoms with Crippen LogP contribution in [0.25, 0.3) is 0 Å². The second-order valence-electron chi connectivity index (χ2n) is 4.24. The molecule has 0 aromatic heterocycles. The Morgan fingerprint density at radius 3 is 2.68 bits per heavy atom. The third-order valence-corrected chi connectivity index (χ3v) is 3.23. The van der Waals surface area contributed by atoms with Crippen molar-refractivity contribution in [3.05, 3.63) is 28.8 Å². The number of anilines is 1. The van der Waals surface area contributed by atoms with Gasteiger partial charge in [0.1, 0.15) is 0 Å². The Morgan fingerprint density at radius 2 is 2.11 bits per heavy atom. The first-order chi connectivity index (χ1) is 9.13. The molecule has 0 bridgehead atoms. The Bertz CT molecular complexity index is 423. The van der Waals surface area contributed by atoms with Gasteiger partial charge in [0.25, 0.3) is 0 Å². The first kappa shape index (κ1) is 15.8. The van der Waals surface area contributed by atoms with E-state index in [0.29, 0.717) is 19.6 Å². The number of nitrogens with zero attached hydrogens (tertiary/aromatic N) is 1. The molecular formula is C14H22ClN3O. The largest absolute Gasteiger partial charge is 0.362 e. The molecule has 0 saturated heterocycles. The molecule has 1 rings (SSSR count). The number of halogens is 1. The molecule has 0 aliphatic heterocycles. The Hall–Kier alpha value is -1.26. The molecular weight excluding hydrogens is 262 g/mol. The van der Waals surface area contributed by atoms with Crippen LogP contribution in [0.5, 0.6) is 0 Å². The van der Waals surface area contributed by atoms with Gasteiger partial charge in [-0.05, 0) is 33.0 Å². The van der Waals surface area contributed by atoms with Crippen molar-refractivity contribution in [3.8, 4) is 0 Å². The normalized spacial score (nSPS) is 10.3. The summed E-state index contributed by atoms with van der Waals surface area (Å²) in [5.74, 6) is 0.0275. The van der Waals surface area contributed by atoms with Gasteiger partial charge in [-0.1, -0.05) is 17.7 Å². The van der Waals surface area contributed by atoms with Crippen molar-refractivity contribution < 1.29 is 4.79 Å². The van der Waals surface area contributed by atoms with E-state index >= 15 is 0 Å². The minimum atomic E-state index is 0.0275. The van der Waals surface area contributed by atoms with Gasteiger partial charge in [0.15, 0.2) is 0 Å². The van der Waals surface area contributed by atoms with Crippen LogP contribution in [0, 0.1) is 0 Å². The fraction of sp³-hybridized carbons (Fsp3) is 0.500. The summed E-state index contributed by atoms with van der Waals surface area (Å²) in [6.07, 6.45) is 0. The smallest absolute Gasteiger partial charge is 0.239 e. The molecule has 5 heteroatoms. The van der Waals surface area contributed by atoms with Crippen LogP contribution < -0.4 is 15.5 Å². The van der Waals surface area contributed by atoms with Crippen LogP contribution in [-0.4, -0.2) is 32.6 Å². The molecule has 2 N–H and O–H groups in total. The zero-order valence-electron chi connectivity index (χ0n) is 11.8. The van der Waals surface area contributed by atoms with Gasteiger partial charge >= 0.3 is 0 Å². The topological polar surface area (TPSA) is 44.4 Å². The highest BCUT2D eigenvalue weighted by molar-refractivity contribution is 6.31. The molecule has 1 aromatic carbocycles. The van der Waals surface area contributed by atoms with Gasteiger partial charge in [-0.2, -0.15) is 0 Å². The van der Waals surface area contributed by atoms with Crippen LogP contribution in [0.1, 0.15) is 19.4 Å². The number of amides is 1. The summed E-state index contributed by atoms with van der Waals surface area (Å²) in [5.41, 5.74) is 2.04. The van der Waals surface area contributed by atoms with E-state index in [2.05, 4.69) is 10.6 Å². The number of rotatable bonds is 7. The molecule has 0 saturated carbocycles. The molecule has 0 heterocycles. The Kier molecular flexibility index (Phi) is 6.67. The quantitative estimate of drug-likeness (QED) is 0.805. The average molecular weight is 284 g/mol. The van der Waals surface area contributed by atoms with Crippen molar-refractivity contribution in [2.24, 2.45) is 0 Å². The van der Waals surface area contributed by atoms with Crippen LogP contribution in [0.2, 0.25) is 5.02 Å². The number of carbonyl (C=O) groups is 1. The number of benzene rings is 1. The number of carbonyl (C=O) groups excluding carboxylic acids is 1. The molecule has 0 fully saturated rings. The Morgan fingerprint density at radius 1 is 1.37 bits per heavy atom. The standard InChI is InChI=1S/C14H22ClN3O/c1-4-17-14(19)10-18(5-2)13-8-6-7-12(15)11(13)9-16-3/h6-8,16H,4-5,9-10H2,1-3H3,(H,17,19). The fourth-order valence-corrected chi connectivity index (χ4v) is 2.23. The molecule has 1 amide bonds. The molecule has 1 aromatic rings. The SMILES string of the molecule is CCNC(=O)CN(CC)c1cccc(Cl)c1CNC. The maximum atomic E-state index is 11.7. The second-order valence-corrected chi connectivity index (χ2v) is 4.64. The molecule has 0 unspecified atom stereocenters. The van der Waals surface area contributed by atoms with Crippen molar-refractivity contribution in [1.82, 2.24) is 10.6 Å². The zero-order valence-corrected chi connectivity index (χ0v) is 12.5. The predicted octanol–water partition coefficient (Wildman–Crippen LogP) is 2.02. The number of hydrogen-bond donors (Lipinski definition) is 2. The highest BCUT2D eigenvalue weighted by Crippen LogP contribution is 2.27. The molecule has 0 atom stereocenters. The van der Waals surface area contributed by atoms with Crippen molar-refractivity contribution in [1.29, 1.82) is 0 Å². The summed E-state index contributed by atoms with van der Waals surface area (Å²) >= 11 is 6.24. The van der Waals surface area contributed by atoms with Gasteiger partial charge in [-0.3, -0.25) is 4.79 Å². The summed E-state index contributed by atoms with van der Waals surface area (Å²) < 4.78 is 0. The third-order valence-electron chi connectivity index (χ3n) is 2.88. The first-order valence-corrected chi connectivity index (χ1v) is 6.95. The molecule has 0 radical (unpaired) electrons. The maximum Gasteiger partial charge on any atom is 0.239 e. The van der Waals surface area contributed by atoms with Crippen molar-refractivity contribution in [2.75, 3.05) is 31.6 Å².